The van der Waals surface area contributed by atoms with Gasteiger partial charge in [-0.05, 0) is 59.5 Å². The molecule has 1 amide bonds. The average molecular weight is 515 g/mol. The lowest BCUT2D eigenvalue weighted by atomic mass is 10.1. The summed E-state index contributed by atoms with van der Waals surface area (Å²) in [6, 6.07) is 20.0. The Balaban J connectivity index is 1.52. The lowest BCUT2D eigenvalue weighted by molar-refractivity contribution is -0.140. The van der Waals surface area contributed by atoms with E-state index in [0.29, 0.717) is 16.3 Å². The van der Waals surface area contributed by atoms with E-state index in [0.717, 1.165) is 11.1 Å². The van der Waals surface area contributed by atoms with E-state index >= 15 is 0 Å². The molecule has 1 saturated carbocycles. The minimum absolute atomic E-state index is 0.0378. The van der Waals surface area contributed by atoms with Gasteiger partial charge in [0.25, 0.3) is 5.91 Å². The number of hydrogen-bond acceptors (Lipinski definition) is 5. The molecule has 3 aromatic carbocycles. The summed E-state index contributed by atoms with van der Waals surface area (Å²) in [7, 11) is -2.63. The van der Waals surface area contributed by atoms with Crippen LogP contribution < -0.4 is 14.8 Å². The first-order chi connectivity index (χ1) is 16.6. The lowest BCUT2D eigenvalue weighted by Crippen LogP contribution is -2.44. The van der Waals surface area contributed by atoms with Gasteiger partial charge < -0.3 is 15.2 Å². The second kappa shape index (κ2) is 9.69. The van der Waals surface area contributed by atoms with Crippen molar-refractivity contribution in [2.75, 3.05) is 13.7 Å². The number of benzene rings is 3. The Kier molecular flexibility index (Phi) is 6.84. The Morgan fingerprint density at radius 3 is 2.29 bits per heavy atom. The van der Waals surface area contributed by atoms with Gasteiger partial charge in [-0.15, -0.1) is 0 Å². The van der Waals surface area contributed by atoms with Gasteiger partial charge in [0.05, 0.1) is 4.90 Å². The number of ether oxygens (including phenoxy) is 1. The molecule has 0 aromatic heterocycles. The number of amides is 1. The number of carboxylic acids is 1. The second-order valence-corrected chi connectivity index (χ2v) is 10.3. The Hall–Kier alpha value is -3.40. The molecule has 0 aliphatic heterocycles. The number of rotatable bonds is 9. The molecule has 2 atom stereocenters. The van der Waals surface area contributed by atoms with Crippen molar-refractivity contribution in [3.63, 3.8) is 0 Å². The van der Waals surface area contributed by atoms with Crippen LogP contribution >= 0.6 is 11.6 Å². The first kappa shape index (κ1) is 24.7. The number of sulfonamides is 1. The Bertz CT molecular complexity index is 1360. The summed E-state index contributed by atoms with van der Waals surface area (Å²) >= 11 is 5.92. The minimum Gasteiger partial charge on any atom is -0.484 e. The number of aliphatic carboxylic acids is 1. The van der Waals surface area contributed by atoms with E-state index in [1.807, 2.05) is 12.1 Å². The van der Waals surface area contributed by atoms with E-state index in [9.17, 15) is 23.1 Å². The Morgan fingerprint density at radius 1 is 1.06 bits per heavy atom. The molecule has 0 saturated heterocycles. The molecule has 4 rings (SSSR count). The third-order valence-electron chi connectivity index (χ3n) is 5.91. The molecule has 3 N–H and O–H groups in total. The number of hydrogen-bond donors (Lipinski definition) is 3. The van der Waals surface area contributed by atoms with E-state index in [4.69, 9.17) is 16.3 Å². The number of halogens is 1. The van der Waals surface area contributed by atoms with Crippen molar-refractivity contribution < 1.29 is 27.9 Å². The van der Waals surface area contributed by atoms with Gasteiger partial charge in [0.1, 0.15) is 11.3 Å². The molecule has 0 bridgehead atoms. The summed E-state index contributed by atoms with van der Waals surface area (Å²) in [6.45, 7) is -0.187. The van der Waals surface area contributed by atoms with Crippen molar-refractivity contribution in [2.45, 2.75) is 22.8 Å². The second-order valence-electron chi connectivity index (χ2n) is 8.20. The highest BCUT2D eigenvalue weighted by molar-refractivity contribution is 7.89. The normalized spacial score (nSPS) is 19.1. The maximum absolute atomic E-state index is 13.1. The zero-order valence-electron chi connectivity index (χ0n) is 18.7. The van der Waals surface area contributed by atoms with Gasteiger partial charge in [0.2, 0.25) is 10.0 Å². The maximum Gasteiger partial charge on any atom is 0.325 e. The highest BCUT2D eigenvalue weighted by Gasteiger charge is 2.63. The van der Waals surface area contributed by atoms with E-state index < -0.39 is 27.4 Å². The topological polar surface area (TPSA) is 122 Å². The van der Waals surface area contributed by atoms with Gasteiger partial charge >= 0.3 is 5.97 Å². The molecule has 182 valence electrons. The third-order valence-corrected chi connectivity index (χ3v) is 7.69. The van der Waals surface area contributed by atoms with Crippen LogP contribution in [0, 0.1) is 0 Å². The Labute approximate surface area is 207 Å². The van der Waals surface area contributed by atoms with Crippen molar-refractivity contribution in [3.05, 3.63) is 83.4 Å². The fourth-order valence-electron chi connectivity index (χ4n) is 3.87. The molecule has 3 aromatic rings. The number of likely N-dealkylation sites (N-methyl/N-ethyl adjacent to an activating group) is 1. The van der Waals surface area contributed by atoms with Crippen molar-refractivity contribution in [2.24, 2.45) is 0 Å². The van der Waals surface area contributed by atoms with Gasteiger partial charge in [0, 0.05) is 18.0 Å². The van der Waals surface area contributed by atoms with Gasteiger partial charge in [0.15, 0.2) is 6.61 Å². The number of carbonyl (C=O) groups is 2. The van der Waals surface area contributed by atoms with Gasteiger partial charge in [-0.1, -0.05) is 48.0 Å². The quantitative estimate of drug-likeness (QED) is 0.402. The van der Waals surface area contributed by atoms with Crippen LogP contribution in [0.3, 0.4) is 0 Å². The SMILES string of the molecule is CNC(=O)COc1cccc([C@@H]2CC2(NS(=O)(=O)c2ccc(-c3ccc(Cl)cc3)cc2)C(=O)O)c1. The minimum atomic E-state index is -4.12. The van der Waals surface area contributed by atoms with Crippen LogP contribution in [0.25, 0.3) is 11.1 Å². The van der Waals surface area contributed by atoms with Crippen molar-refractivity contribution in [1.82, 2.24) is 10.0 Å². The Morgan fingerprint density at radius 2 is 1.69 bits per heavy atom. The first-order valence-corrected chi connectivity index (χ1v) is 12.6. The van der Waals surface area contributed by atoms with Crippen LogP contribution in [0.15, 0.2) is 77.7 Å². The van der Waals surface area contributed by atoms with E-state index in [1.165, 1.54) is 19.2 Å². The van der Waals surface area contributed by atoms with Crippen LogP contribution in [-0.2, 0) is 19.6 Å². The average Bonchev–Trinajstić information content (AvgIpc) is 3.58. The van der Waals surface area contributed by atoms with Crippen molar-refractivity contribution in [3.8, 4) is 16.9 Å². The van der Waals surface area contributed by atoms with E-state index in [2.05, 4.69) is 10.0 Å². The van der Waals surface area contributed by atoms with Gasteiger partial charge in [-0.3, -0.25) is 9.59 Å². The van der Waals surface area contributed by atoms with Crippen molar-refractivity contribution >= 4 is 33.5 Å². The van der Waals surface area contributed by atoms with E-state index in [1.54, 1.807) is 48.5 Å². The summed E-state index contributed by atoms with van der Waals surface area (Å²) in [5, 5.41) is 13.0. The molecule has 1 unspecified atom stereocenters. The smallest absolute Gasteiger partial charge is 0.325 e. The van der Waals surface area contributed by atoms with Gasteiger partial charge in [-0.25, -0.2) is 8.42 Å². The van der Waals surface area contributed by atoms with E-state index in [-0.39, 0.29) is 23.8 Å². The van der Waals surface area contributed by atoms with Crippen molar-refractivity contribution in [1.29, 1.82) is 0 Å². The van der Waals surface area contributed by atoms with Crippen LogP contribution in [0.5, 0.6) is 5.75 Å². The zero-order valence-corrected chi connectivity index (χ0v) is 20.3. The largest absolute Gasteiger partial charge is 0.484 e. The standard InChI is InChI=1S/C25H23ClN2O6S/c1-27-23(29)15-34-20-4-2-3-18(13-20)22-14-25(22,24(30)31)28-35(32,33)21-11-7-17(8-12-21)16-5-9-19(26)10-6-16/h2-13,22,28H,14-15H2,1H3,(H,27,29)(H,30,31)/t22-,25?/m0/s1. The first-order valence-electron chi connectivity index (χ1n) is 10.7. The monoisotopic (exact) mass is 514 g/mol. The predicted octanol–water partition coefficient (Wildman–Crippen LogP) is 3.42. The van der Waals surface area contributed by atoms with Crippen LogP contribution in [-0.4, -0.2) is 44.6 Å². The molecule has 0 spiro atoms. The molecule has 35 heavy (non-hydrogen) atoms. The molecular weight excluding hydrogens is 492 g/mol. The van der Waals surface area contributed by atoms with Gasteiger partial charge in [-0.2, -0.15) is 4.72 Å². The molecule has 1 aliphatic carbocycles. The number of nitrogens with one attached hydrogen (secondary N) is 2. The van der Waals surface area contributed by atoms with Crippen LogP contribution in [0.2, 0.25) is 5.02 Å². The lowest BCUT2D eigenvalue weighted by Gasteiger charge is -2.16. The zero-order chi connectivity index (χ0) is 25.2. The fraction of sp³-hybridized carbons (Fsp3) is 0.200. The summed E-state index contributed by atoms with van der Waals surface area (Å²) in [5.41, 5.74) is 0.593. The summed E-state index contributed by atoms with van der Waals surface area (Å²) in [5.74, 6) is -1.78. The molecule has 1 fully saturated rings. The molecule has 0 radical (unpaired) electrons. The molecular formula is C25H23ClN2O6S. The molecule has 1 aliphatic rings. The highest BCUT2D eigenvalue weighted by atomic mass is 35.5. The fourth-order valence-corrected chi connectivity index (χ4v) is 5.40. The summed E-state index contributed by atoms with van der Waals surface area (Å²) in [4.78, 5) is 23.5. The molecule has 10 heteroatoms. The third kappa shape index (κ3) is 5.32. The van der Waals surface area contributed by atoms with Crippen LogP contribution in [0.1, 0.15) is 17.9 Å². The maximum atomic E-state index is 13.1. The summed E-state index contributed by atoms with van der Waals surface area (Å²) < 4.78 is 34.0. The molecule has 0 heterocycles. The molecule has 8 nitrogen and oxygen atoms in total. The predicted molar refractivity (Wildman–Crippen MR) is 131 cm³/mol. The number of carboxylic acid groups (broad SMARTS) is 1. The van der Waals surface area contributed by atoms with Crippen LogP contribution in [0.4, 0.5) is 0 Å². The highest BCUT2D eigenvalue weighted by Crippen LogP contribution is 2.53. The number of carbonyl (C=O) groups excluding carboxylic acids is 1. The summed E-state index contributed by atoms with van der Waals surface area (Å²) in [6.07, 6.45) is 0.0866.